The van der Waals surface area contributed by atoms with Crippen molar-refractivity contribution in [1.29, 1.82) is 0 Å². The Balaban J connectivity index is 1.70. The van der Waals surface area contributed by atoms with Gasteiger partial charge >= 0.3 is 6.09 Å². The molecule has 196 valence electrons. The number of alkyl halides is 2. The molecule has 4 rings (SSSR count). The summed E-state index contributed by atoms with van der Waals surface area (Å²) in [5.74, 6) is 0.386. The predicted molar refractivity (Wildman–Crippen MR) is 138 cm³/mol. The standard InChI is InChI=1S/C28H38F2N4O2/c1-18-11-19(2)26-23(8-10-34(26)27(35)36-28(3,4)5)24(18)12-20-7-9-33(22(13-29)14-30)17-25(20)21-15-31-32(6)16-21/h8,10-11,15-16,20,22,25H,7,9,12-14,17H2,1-6H3/t20-,25+/m0/s1. The number of likely N-dealkylation sites (tertiary alicyclic amines) is 1. The van der Waals surface area contributed by atoms with E-state index in [1.54, 1.807) is 15.4 Å². The Kier molecular flexibility index (Phi) is 7.55. The number of halogens is 2. The van der Waals surface area contributed by atoms with Gasteiger partial charge in [-0.25, -0.2) is 13.6 Å². The number of fused-ring (bicyclic) bond motifs is 1. The summed E-state index contributed by atoms with van der Waals surface area (Å²) < 4.78 is 36.1. The van der Waals surface area contributed by atoms with Crippen LogP contribution in [-0.4, -0.2) is 63.4 Å². The molecule has 1 aromatic carbocycles. The lowest BCUT2D eigenvalue weighted by Gasteiger charge is -2.41. The molecule has 0 aliphatic carbocycles. The van der Waals surface area contributed by atoms with Gasteiger partial charge in [-0.15, -0.1) is 0 Å². The molecule has 2 atom stereocenters. The lowest BCUT2D eigenvalue weighted by atomic mass is 9.77. The minimum Gasteiger partial charge on any atom is -0.443 e. The van der Waals surface area contributed by atoms with Crippen LogP contribution in [0.4, 0.5) is 13.6 Å². The molecule has 0 saturated carbocycles. The van der Waals surface area contributed by atoms with Crippen LogP contribution in [0.2, 0.25) is 0 Å². The van der Waals surface area contributed by atoms with E-state index in [9.17, 15) is 13.6 Å². The summed E-state index contributed by atoms with van der Waals surface area (Å²) in [7, 11) is 1.89. The van der Waals surface area contributed by atoms with E-state index in [0.717, 1.165) is 34.9 Å². The van der Waals surface area contributed by atoms with E-state index in [1.807, 2.05) is 58.1 Å². The summed E-state index contributed by atoms with van der Waals surface area (Å²) in [5.41, 5.74) is 4.79. The molecule has 0 unspecified atom stereocenters. The zero-order chi connectivity index (χ0) is 26.2. The van der Waals surface area contributed by atoms with Crippen LogP contribution in [0.5, 0.6) is 0 Å². The smallest absolute Gasteiger partial charge is 0.418 e. The van der Waals surface area contributed by atoms with Crippen molar-refractivity contribution in [1.82, 2.24) is 19.2 Å². The highest BCUT2D eigenvalue weighted by Crippen LogP contribution is 2.38. The maximum absolute atomic E-state index is 13.5. The maximum Gasteiger partial charge on any atom is 0.418 e. The molecule has 2 aromatic heterocycles. The van der Waals surface area contributed by atoms with Gasteiger partial charge in [0.1, 0.15) is 19.0 Å². The first-order valence-corrected chi connectivity index (χ1v) is 12.7. The van der Waals surface area contributed by atoms with Gasteiger partial charge in [-0.3, -0.25) is 14.1 Å². The molecule has 0 amide bonds. The van der Waals surface area contributed by atoms with Crippen LogP contribution in [0, 0.1) is 19.8 Å². The second-order valence-corrected chi connectivity index (χ2v) is 11.2. The molecule has 36 heavy (non-hydrogen) atoms. The van der Waals surface area contributed by atoms with Gasteiger partial charge in [0.2, 0.25) is 0 Å². The van der Waals surface area contributed by atoms with Crippen LogP contribution < -0.4 is 0 Å². The average molecular weight is 501 g/mol. The van der Waals surface area contributed by atoms with Gasteiger partial charge in [0, 0.05) is 37.3 Å². The first kappa shape index (κ1) is 26.3. The van der Waals surface area contributed by atoms with Crippen molar-refractivity contribution in [2.24, 2.45) is 13.0 Å². The minimum absolute atomic E-state index is 0.108. The average Bonchev–Trinajstić information content (AvgIpc) is 3.44. The molecule has 3 heterocycles. The van der Waals surface area contributed by atoms with Crippen LogP contribution >= 0.6 is 0 Å². The number of benzene rings is 1. The Labute approximate surface area is 212 Å². The van der Waals surface area contributed by atoms with E-state index in [1.165, 1.54) is 11.1 Å². The fourth-order valence-electron chi connectivity index (χ4n) is 5.61. The second-order valence-electron chi connectivity index (χ2n) is 11.2. The molecule has 8 heteroatoms. The summed E-state index contributed by atoms with van der Waals surface area (Å²) in [4.78, 5) is 14.9. The third kappa shape index (κ3) is 5.33. The summed E-state index contributed by atoms with van der Waals surface area (Å²) >= 11 is 0. The third-order valence-corrected chi connectivity index (χ3v) is 7.36. The maximum atomic E-state index is 13.5. The van der Waals surface area contributed by atoms with Crippen LogP contribution in [0.3, 0.4) is 0 Å². The Hall–Kier alpha value is -2.74. The normalized spacial score (nSPS) is 19.4. The number of carbonyl (C=O) groups excluding carboxylic acids is 1. The summed E-state index contributed by atoms with van der Waals surface area (Å²) in [6.07, 6.45) is 6.93. The number of carbonyl (C=O) groups is 1. The van der Waals surface area contributed by atoms with E-state index in [4.69, 9.17) is 4.74 Å². The number of rotatable bonds is 6. The topological polar surface area (TPSA) is 52.3 Å². The van der Waals surface area contributed by atoms with Gasteiger partial charge in [-0.1, -0.05) is 6.07 Å². The summed E-state index contributed by atoms with van der Waals surface area (Å²) in [5, 5.41) is 5.42. The third-order valence-electron chi connectivity index (χ3n) is 7.36. The highest BCUT2D eigenvalue weighted by Gasteiger charge is 2.35. The number of hydrogen-bond acceptors (Lipinski definition) is 4. The monoisotopic (exact) mass is 500 g/mol. The number of aryl methyl sites for hydroxylation is 3. The SMILES string of the molecule is Cc1cc(C)c2c(ccn2C(=O)OC(C)(C)C)c1C[C@@H]1CCN(C(CF)CF)C[C@H]1c1cnn(C)c1. The molecule has 1 aliphatic rings. The van der Waals surface area contributed by atoms with E-state index >= 15 is 0 Å². The molecule has 6 nitrogen and oxygen atoms in total. The molecular weight excluding hydrogens is 462 g/mol. The van der Waals surface area contributed by atoms with Crippen molar-refractivity contribution in [2.45, 2.75) is 65.0 Å². The van der Waals surface area contributed by atoms with Crippen LogP contribution in [0.1, 0.15) is 55.4 Å². The van der Waals surface area contributed by atoms with Crippen molar-refractivity contribution in [3.8, 4) is 0 Å². The molecule has 1 fully saturated rings. The van der Waals surface area contributed by atoms with Crippen molar-refractivity contribution < 1.29 is 18.3 Å². The number of ether oxygens (including phenoxy) is 1. The first-order valence-electron chi connectivity index (χ1n) is 12.7. The zero-order valence-electron chi connectivity index (χ0n) is 22.2. The predicted octanol–water partition coefficient (Wildman–Crippen LogP) is 5.73. The number of hydrogen-bond donors (Lipinski definition) is 0. The number of piperidine rings is 1. The molecule has 0 bridgehead atoms. The Morgan fingerprint density at radius 3 is 2.56 bits per heavy atom. The van der Waals surface area contributed by atoms with Crippen molar-refractivity contribution in [2.75, 3.05) is 26.4 Å². The molecule has 1 saturated heterocycles. The summed E-state index contributed by atoms with van der Waals surface area (Å²) in [6.45, 7) is 9.61. The first-order chi connectivity index (χ1) is 17.0. The van der Waals surface area contributed by atoms with Crippen LogP contribution in [-0.2, 0) is 18.2 Å². The van der Waals surface area contributed by atoms with Gasteiger partial charge in [-0.05, 0) is 88.2 Å². The number of nitrogens with zero attached hydrogens (tertiary/aromatic N) is 4. The molecule has 1 aliphatic heterocycles. The minimum atomic E-state index is -0.694. The van der Waals surface area contributed by atoms with Gasteiger partial charge in [0.15, 0.2) is 0 Å². The van der Waals surface area contributed by atoms with E-state index in [0.29, 0.717) is 13.1 Å². The van der Waals surface area contributed by atoms with Crippen molar-refractivity contribution in [3.05, 3.63) is 53.0 Å². The molecule has 0 N–H and O–H groups in total. The van der Waals surface area contributed by atoms with Gasteiger partial charge < -0.3 is 4.74 Å². The van der Waals surface area contributed by atoms with Gasteiger partial charge in [0.25, 0.3) is 0 Å². The fraction of sp³-hybridized carbons (Fsp3) is 0.571. The lowest BCUT2D eigenvalue weighted by molar-refractivity contribution is 0.0544. The quantitative estimate of drug-likeness (QED) is 0.434. The molecule has 3 aromatic rings. The Morgan fingerprint density at radius 2 is 1.94 bits per heavy atom. The molecule has 0 radical (unpaired) electrons. The molecular formula is C28H38F2N4O2. The van der Waals surface area contributed by atoms with Gasteiger partial charge in [0.05, 0.1) is 17.8 Å². The van der Waals surface area contributed by atoms with E-state index < -0.39 is 25.0 Å². The van der Waals surface area contributed by atoms with E-state index in [-0.39, 0.29) is 17.9 Å². The Bertz CT molecular complexity index is 1220. The highest BCUT2D eigenvalue weighted by molar-refractivity contribution is 5.94. The van der Waals surface area contributed by atoms with Crippen molar-refractivity contribution in [3.63, 3.8) is 0 Å². The van der Waals surface area contributed by atoms with E-state index in [2.05, 4.69) is 18.1 Å². The lowest BCUT2D eigenvalue weighted by Crippen LogP contribution is -2.47. The largest absolute Gasteiger partial charge is 0.443 e. The van der Waals surface area contributed by atoms with Crippen molar-refractivity contribution >= 4 is 17.0 Å². The van der Waals surface area contributed by atoms with Crippen LogP contribution in [0.25, 0.3) is 10.9 Å². The van der Waals surface area contributed by atoms with Crippen LogP contribution in [0.15, 0.2) is 30.7 Å². The highest BCUT2D eigenvalue weighted by atomic mass is 19.1. The number of aromatic nitrogens is 3. The fourth-order valence-corrected chi connectivity index (χ4v) is 5.61. The zero-order valence-corrected chi connectivity index (χ0v) is 22.2. The second kappa shape index (κ2) is 10.3. The summed E-state index contributed by atoms with van der Waals surface area (Å²) in [6, 6.07) is 3.45. The Morgan fingerprint density at radius 1 is 1.22 bits per heavy atom. The van der Waals surface area contributed by atoms with Gasteiger partial charge in [-0.2, -0.15) is 5.10 Å². The molecule has 0 spiro atoms.